The van der Waals surface area contributed by atoms with Crippen LogP contribution in [-0.2, 0) is 16.6 Å². The average molecular weight is 345 g/mol. The number of sulfonamides is 1. The highest BCUT2D eigenvalue weighted by atomic mass is 79.9. The van der Waals surface area contributed by atoms with Gasteiger partial charge in [-0.3, -0.25) is 5.10 Å². The lowest BCUT2D eigenvalue weighted by atomic mass is 10.2. The van der Waals surface area contributed by atoms with Crippen LogP contribution in [0.5, 0.6) is 0 Å². The Bertz CT molecular complexity index is 666. The third kappa shape index (κ3) is 2.96. The number of nitrogens with one attached hydrogen (secondary N) is 1. The van der Waals surface area contributed by atoms with Crippen molar-refractivity contribution in [3.05, 3.63) is 40.5 Å². The summed E-state index contributed by atoms with van der Waals surface area (Å²) >= 11 is 3.33. The van der Waals surface area contributed by atoms with Crippen LogP contribution in [0.3, 0.4) is 0 Å². The number of nitrogens with two attached hydrogens (primary N) is 1. The molecule has 2 rings (SSSR count). The van der Waals surface area contributed by atoms with Crippen molar-refractivity contribution in [2.75, 3.05) is 12.8 Å². The van der Waals surface area contributed by atoms with Gasteiger partial charge in [-0.2, -0.15) is 9.40 Å². The van der Waals surface area contributed by atoms with Crippen LogP contribution in [0.4, 0.5) is 5.82 Å². The van der Waals surface area contributed by atoms with Gasteiger partial charge < -0.3 is 5.73 Å². The van der Waals surface area contributed by atoms with Crippen molar-refractivity contribution in [1.29, 1.82) is 0 Å². The number of anilines is 1. The van der Waals surface area contributed by atoms with Crippen molar-refractivity contribution < 1.29 is 8.42 Å². The highest BCUT2D eigenvalue weighted by Gasteiger charge is 2.24. The minimum absolute atomic E-state index is 0.00730. The lowest BCUT2D eigenvalue weighted by molar-refractivity contribution is 0.467. The summed E-state index contributed by atoms with van der Waals surface area (Å²) in [6.45, 7) is 0.264. The summed E-state index contributed by atoms with van der Waals surface area (Å²) in [5.74, 6) is 0.0441. The van der Waals surface area contributed by atoms with Gasteiger partial charge in [0.15, 0.2) is 0 Å². The number of aromatic amines is 1. The molecular formula is C11H13BrN4O2S. The van der Waals surface area contributed by atoms with Crippen LogP contribution in [0.1, 0.15) is 5.56 Å². The first-order valence-electron chi connectivity index (χ1n) is 5.41. The number of halogens is 1. The molecule has 8 heteroatoms. The second-order valence-corrected chi connectivity index (χ2v) is 6.96. The molecule has 0 amide bonds. The van der Waals surface area contributed by atoms with Gasteiger partial charge in [0.25, 0.3) is 0 Å². The molecule has 1 heterocycles. The van der Waals surface area contributed by atoms with Crippen LogP contribution < -0.4 is 5.73 Å². The molecule has 6 nitrogen and oxygen atoms in total. The molecule has 0 spiro atoms. The maximum Gasteiger partial charge on any atom is 0.248 e. The summed E-state index contributed by atoms with van der Waals surface area (Å²) in [5, 5.41) is 6.04. The van der Waals surface area contributed by atoms with E-state index in [1.807, 2.05) is 24.3 Å². The van der Waals surface area contributed by atoms with E-state index in [1.165, 1.54) is 17.5 Å². The van der Waals surface area contributed by atoms with E-state index in [0.717, 1.165) is 10.0 Å². The van der Waals surface area contributed by atoms with Gasteiger partial charge in [0.1, 0.15) is 10.7 Å². The van der Waals surface area contributed by atoms with Crippen LogP contribution in [0, 0.1) is 0 Å². The zero-order valence-corrected chi connectivity index (χ0v) is 12.6. The van der Waals surface area contributed by atoms with Gasteiger partial charge in [-0.1, -0.05) is 28.1 Å². The number of hydrogen-bond donors (Lipinski definition) is 2. The van der Waals surface area contributed by atoms with Crippen LogP contribution in [0.15, 0.2) is 39.8 Å². The number of nitrogens with zero attached hydrogens (tertiary/aromatic N) is 2. The largest absolute Gasteiger partial charge is 0.383 e. The Morgan fingerprint density at radius 2 is 2.00 bits per heavy atom. The first-order chi connectivity index (χ1) is 8.91. The quantitative estimate of drug-likeness (QED) is 0.880. The Hall–Kier alpha value is -1.38. The number of rotatable bonds is 4. The number of nitrogen functional groups attached to an aromatic ring is 1. The Labute approximate surface area is 119 Å². The molecule has 0 saturated heterocycles. The second kappa shape index (κ2) is 5.32. The highest BCUT2D eigenvalue weighted by molar-refractivity contribution is 9.10. The van der Waals surface area contributed by atoms with E-state index in [2.05, 4.69) is 26.1 Å². The molecule has 2 aromatic rings. The van der Waals surface area contributed by atoms with E-state index in [9.17, 15) is 8.42 Å². The van der Waals surface area contributed by atoms with E-state index in [1.54, 1.807) is 0 Å². The summed E-state index contributed by atoms with van der Waals surface area (Å²) in [4.78, 5) is -0.00730. The second-order valence-electron chi connectivity index (χ2n) is 4.04. The van der Waals surface area contributed by atoms with Crippen molar-refractivity contribution in [3.8, 4) is 0 Å². The summed E-state index contributed by atoms with van der Waals surface area (Å²) < 4.78 is 26.7. The third-order valence-electron chi connectivity index (χ3n) is 2.64. The van der Waals surface area contributed by atoms with Crippen molar-refractivity contribution in [1.82, 2.24) is 14.5 Å². The summed E-state index contributed by atoms with van der Waals surface area (Å²) in [6.07, 6.45) is 1.21. The Morgan fingerprint density at radius 1 is 1.37 bits per heavy atom. The fourth-order valence-electron chi connectivity index (χ4n) is 1.59. The summed E-state index contributed by atoms with van der Waals surface area (Å²) in [7, 11) is -2.13. The molecule has 0 aliphatic carbocycles. The predicted octanol–water partition coefficient (Wildman–Crippen LogP) is 1.58. The molecule has 0 aliphatic rings. The van der Waals surface area contributed by atoms with Gasteiger partial charge >= 0.3 is 0 Å². The van der Waals surface area contributed by atoms with Gasteiger partial charge in [0.2, 0.25) is 10.0 Å². The fraction of sp³-hybridized carbons (Fsp3) is 0.182. The molecule has 0 bridgehead atoms. The van der Waals surface area contributed by atoms with Crippen molar-refractivity contribution in [2.24, 2.45) is 0 Å². The summed E-state index contributed by atoms with van der Waals surface area (Å²) in [5.41, 5.74) is 6.43. The first-order valence-corrected chi connectivity index (χ1v) is 7.64. The normalized spacial score (nSPS) is 11.9. The maximum atomic E-state index is 12.3. The fourth-order valence-corrected chi connectivity index (χ4v) is 3.02. The minimum atomic E-state index is -3.63. The van der Waals surface area contributed by atoms with Gasteiger partial charge in [-0.15, -0.1) is 0 Å². The average Bonchev–Trinajstić information content (AvgIpc) is 2.79. The highest BCUT2D eigenvalue weighted by Crippen LogP contribution is 2.20. The molecule has 0 aliphatic heterocycles. The van der Waals surface area contributed by atoms with Crippen molar-refractivity contribution in [3.63, 3.8) is 0 Å². The molecule has 1 aromatic carbocycles. The molecule has 1 aromatic heterocycles. The number of hydrogen-bond acceptors (Lipinski definition) is 4. The number of benzene rings is 1. The molecular weight excluding hydrogens is 332 g/mol. The Kier molecular flexibility index (Phi) is 3.93. The van der Waals surface area contributed by atoms with E-state index in [-0.39, 0.29) is 17.3 Å². The molecule has 0 saturated carbocycles. The molecule has 0 fully saturated rings. The molecule has 0 radical (unpaired) electrons. The van der Waals surface area contributed by atoms with E-state index >= 15 is 0 Å². The van der Waals surface area contributed by atoms with Crippen LogP contribution in [-0.4, -0.2) is 30.0 Å². The molecule has 0 unspecified atom stereocenters. The molecule has 3 N–H and O–H groups in total. The predicted molar refractivity (Wildman–Crippen MR) is 75.8 cm³/mol. The first kappa shape index (κ1) is 14.0. The SMILES string of the molecule is CN(Cc1ccc(Br)cc1)S(=O)(=O)c1cn[nH]c1N. The van der Waals surface area contributed by atoms with E-state index in [4.69, 9.17) is 5.73 Å². The van der Waals surface area contributed by atoms with Gasteiger partial charge in [-0.25, -0.2) is 8.42 Å². The smallest absolute Gasteiger partial charge is 0.248 e. The molecule has 0 atom stereocenters. The lowest BCUT2D eigenvalue weighted by Crippen LogP contribution is -2.26. The van der Waals surface area contributed by atoms with Crippen LogP contribution >= 0.6 is 15.9 Å². The molecule has 102 valence electrons. The van der Waals surface area contributed by atoms with Crippen molar-refractivity contribution in [2.45, 2.75) is 11.4 Å². The Morgan fingerprint density at radius 3 is 2.53 bits per heavy atom. The zero-order valence-electron chi connectivity index (χ0n) is 10.2. The standard InChI is InChI=1S/C11H13BrN4O2S/c1-16(7-8-2-4-9(12)5-3-8)19(17,18)10-6-14-15-11(10)13/h2-6H,7H2,1H3,(H3,13,14,15). The Balaban J connectivity index is 2.22. The lowest BCUT2D eigenvalue weighted by Gasteiger charge is -2.16. The monoisotopic (exact) mass is 344 g/mol. The zero-order chi connectivity index (χ0) is 14.0. The van der Waals surface area contributed by atoms with Gasteiger partial charge in [-0.05, 0) is 17.7 Å². The van der Waals surface area contributed by atoms with Gasteiger partial charge in [0, 0.05) is 18.1 Å². The summed E-state index contributed by atoms with van der Waals surface area (Å²) in [6, 6.07) is 7.44. The topological polar surface area (TPSA) is 92.1 Å². The van der Waals surface area contributed by atoms with Crippen LogP contribution in [0.2, 0.25) is 0 Å². The van der Waals surface area contributed by atoms with Crippen molar-refractivity contribution >= 4 is 31.8 Å². The van der Waals surface area contributed by atoms with Gasteiger partial charge in [0.05, 0.1) is 6.20 Å². The van der Waals surface area contributed by atoms with E-state index in [0.29, 0.717) is 0 Å². The van der Waals surface area contributed by atoms with Crippen LogP contribution in [0.25, 0.3) is 0 Å². The third-order valence-corrected chi connectivity index (χ3v) is 5.00. The molecule has 19 heavy (non-hydrogen) atoms. The number of H-pyrrole nitrogens is 1. The van der Waals surface area contributed by atoms with E-state index < -0.39 is 10.0 Å². The number of aromatic nitrogens is 2. The maximum absolute atomic E-state index is 12.3. The minimum Gasteiger partial charge on any atom is -0.383 e.